The van der Waals surface area contributed by atoms with E-state index in [1.54, 1.807) is 7.05 Å². The first-order valence-electron chi connectivity index (χ1n) is 6.32. The SMILES string of the molecule is CNC(c1cc(C)cc(C)c1)c1cc(F)c(Br)cc1F. The molecule has 0 saturated heterocycles. The lowest BCUT2D eigenvalue weighted by Gasteiger charge is -2.19. The van der Waals surface area contributed by atoms with E-state index in [4.69, 9.17) is 0 Å². The Hall–Kier alpha value is -1.26. The molecule has 1 unspecified atom stereocenters. The van der Waals surface area contributed by atoms with Gasteiger partial charge in [-0.25, -0.2) is 8.78 Å². The van der Waals surface area contributed by atoms with Crippen molar-refractivity contribution in [3.63, 3.8) is 0 Å². The van der Waals surface area contributed by atoms with Crippen LogP contribution in [0.25, 0.3) is 0 Å². The number of nitrogens with one attached hydrogen (secondary N) is 1. The average molecular weight is 340 g/mol. The lowest BCUT2D eigenvalue weighted by Crippen LogP contribution is -2.19. The second kappa shape index (κ2) is 6.02. The molecular weight excluding hydrogens is 324 g/mol. The van der Waals surface area contributed by atoms with E-state index in [2.05, 4.69) is 27.3 Å². The molecule has 20 heavy (non-hydrogen) atoms. The van der Waals surface area contributed by atoms with Crippen molar-refractivity contribution in [2.45, 2.75) is 19.9 Å². The lowest BCUT2D eigenvalue weighted by molar-refractivity contribution is 0.554. The molecule has 0 aliphatic heterocycles. The van der Waals surface area contributed by atoms with Crippen LogP contribution in [0.3, 0.4) is 0 Å². The highest BCUT2D eigenvalue weighted by atomic mass is 79.9. The van der Waals surface area contributed by atoms with Gasteiger partial charge in [0.05, 0.1) is 10.5 Å². The maximum absolute atomic E-state index is 14.1. The van der Waals surface area contributed by atoms with Gasteiger partial charge < -0.3 is 5.32 Å². The van der Waals surface area contributed by atoms with E-state index in [-0.39, 0.29) is 10.5 Å². The van der Waals surface area contributed by atoms with E-state index in [0.717, 1.165) is 22.8 Å². The van der Waals surface area contributed by atoms with E-state index in [1.165, 1.54) is 6.07 Å². The van der Waals surface area contributed by atoms with E-state index < -0.39 is 11.6 Å². The molecule has 2 aromatic carbocycles. The molecule has 0 fully saturated rings. The lowest BCUT2D eigenvalue weighted by atomic mass is 9.95. The predicted molar refractivity (Wildman–Crippen MR) is 80.9 cm³/mol. The summed E-state index contributed by atoms with van der Waals surface area (Å²) in [4.78, 5) is 0. The summed E-state index contributed by atoms with van der Waals surface area (Å²) >= 11 is 3.00. The van der Waals surface area contributed by atoms with Gasteiger partial charge in [-0.05, 0) is 54.5 Å². The molecule has 0 aliphatic carbocycles. The van der Waals surface area contributed by atoms with Crippen LogP contribution < -0.4 is 5.32 Å². The largest absolute Gasteiger partial charge is 0.309 e. The maximum Gasteiger partial charge on any atom is 0.137 e. The summed E-state index contributed by atoms with van der Waals surface area (Å²) in [5, 5.41) is 3.05. The summed E-state index contributed by atoms with van der Waals surface area (Å²) in [7, 11) is 1.74. The van der Waals surface area contributed by atoms with Gasteiger partial charge in [0.1, 0.15) is 11.6 Å². The van der Waals surface area contributed by atoms with Crippen LogP contribution in [0.2, 0.25) is 0 Å². The minimum absolute atomic E-state index is 0.133. The summed E-state index contributed by atoms with van der Waals surface area (Å²) in [5.41, 5.74) is 3.42. The van der Waals surface area contributed by atoms with Gasteiger partial charge in [0.15, 0.2) is 0 Å². The Kier molecular flexibility index (Phi) is 4.55. The van der Waals surface area contributed by atoms with Gasteiger partial charge >= 0.3 is 0 Å². The van der Waals surface area contributed by atoms with Crippen molar-refractivity contribution in [2.75, 3.05) is 7.05 Å². The van der Waals surface area contributed by atoms with Crippen LogP contribution in [-0.2, 0) is 0 Å². The smallest absolute Gasteiger partial charge is 0.137 e. The molecule has 2 aromatic rings. The molecular formula is C16H16BrF2N. The Bertz CT molecular complexity index is 620. The third-order valence-electron chi connectivity index (χ3n) is 3.22. The number of benzene rings is 2. The molecule has 0 bridgehead atoms. The van der Waals surface area contributed by atoms with Crippen LogP contribution in [0.15, 0.2) is 34.8 Å². The summed E-state index contributed by atoms with van der Waals surface area (Å²) in [6, 6.07) is 8.03. The minimum Gasteiger partial charge on any atom is -0.309 e. The summed E-state index contributed by atoms with van der Waals surface area (Å²) in [6.07, 6.45) is 0. The highest BCUT2D eigenvalue weighted by Crippen LogP contribution is 2.29. The minimum atomic E-state index is -0.467. The van der Waals surface area contributed by atoms with E-state index in [1.807, 2.05) is 26.0 Å². The van der Waals surface area contributed by atoms with Gasteiger partial charge in [0.2, 0.25) is 0 Å². The molecule has 0 saturated carbocycles. The maximum atomic E-state index is 14.1. The molecule has 1 atom stereocenters. The zero-order valence-corrected chi connectivity index (χ0v) is 13.2. The molecule has 106 valence electrons. The molecule has 0 radical (unpaired) electrons. The third kappa shape index (κ3) is 3.07. The van der Waals surface area contributed by atoms with Gasteiger partial charge in [-0.15, -0.1) is 0 Å². The summed E-state index contributed by atoms with van der Waals surface area (Å²) < 4.78 is 27.9. The van der Waals surface area contributed by atoms with Crippen molar-refractivity contribution in [3.05, 3.63) is 68.7 Å². The first-order chi connectivity index (χ1) is 9.42. The van der Waals surface area contributed by atoms with Crippen LogP contribution in [0.4, 0.5) is 8.78 Å². The third-order valence-corrected chi connectivity index (χ3v) is 3.82. The number of aryl methyl sites for hydroxylation is 2. The Balaban J connectivity index is 2.55. The van der Waals surface area contributed by atoms with E-state index in [9.17, 15) is 8.78 Å². The Morgan fingerprint density at radius 3 is 2.10 bits per heavy atom. The Labute approximate surface area is 126 Å². The molecule has 0 spiro atoms. The fraction of sp³-hybridized carbons (Fsp3) is 0.250. The topological polar surface area (TPSA) is 12.0 Å². The number of hydrogen-bond donors (Lipinski definition) is 1. The molecule has 2 rings (SSSR count). The molecule has 0 heterocycles. The molecule has 0 amide bonds. The number of halogens is 3. The quantitative estimate of drug-likeness (QED) is 0.802. The van der Waals surface area contributed by atoms with Crippen molar-refractivity contribution >= 4 is 15.9 Å². The molecule has 0 aliphatic rings. The van der Waals surface area contributed by atoms with Crippen molar-refractivity contribution in [3.8, 4) is 0 Å². The van der Waals surface area contributed by atoms with Gasteiger partial charge in [-0.2, -0.15) is 0 Å². The zero-order valence-electron chi connectivity index (χ0n) is 11.6. The van der Waals surface area contributed by atoms with Crippen molar-refractivity contribution in [2.24, 2.45) is 0 Å². The molecule has 4 heteroatoms. The fourth-order valence-corrected chi connectivity index (χ4v) is 2.75. The van der Waals surface area contributed by atoms with Crippen LogP contribution in [0.1, 0.15) is 28.3 Å². The van der Waals surface area contributed by atoms with Gasteiger partial charge in [-0.3, -0.25) is 0 Å². The van der Waals surface area contributed by atoms with Crippen LogP contribution in [0, 0.1) is 25.5 Å². The van der Waals surface area contributed by atoms with Crippen molar-refractivity contribution in [1.29, 1.82) is 0 Å². The highest BCUT2D eigenvalue weighted by Gasteiger charge is 2.19. The Morgan fingerprint density at radius 2 is 1.55 bits per heavy atom. The standard InChI is InChI=1S/C16H16BrF2N/c1-9-4-10(2)6-11(5-9)16(20-3)12-7-15(19)13(17)8-14(12)18/h4-8,16,20H,1-3H3. The first-order valence-corrected chi connectivity index (χ1v) is 7.11. The molecule has 0 aromatic heterocycles. The monoisotopic (exact) mass is 339 g/mol. The highest BCUT2D eigenvalue weighted by molar-refractivity contribution is 9.10. The molecule has 1 N–H and O–H groups in total. The number of hydrogen-bond acceptors (Lipinski definition) is 1. The van der Waals surface area contributed by atoms with Crippen LogP contribution in [-0.4, -0.2) is 7.05 Å². The van der Waals surface area contributed by atoms with Gasteiger partial charge in [0, 0.05) is 5.56 Å². The van der Waals surface area contributed by atoms with Crippen LogP contribution in [0.5, 0.6) is 0 Å². The zero-order chi connectivity index (χ0) is 14.9. The van der Waals surface area contributed by atoms with E-state index >= 15 is 0 Å². The normalized spacial score (nSPS) is 12.5. The second-order valence-corrected chi connectivity index (χ2v) is 5.78. The summed E-state index contributed by atoms with van der Waals surface area (Å²) in [5.74, 6) is -0.900. The second-order valence-electron chi connectivity index (χ2n) is 4.93. The summed E-state index contributed by atoms with van der Waals surface area (Å²) in [6.45, 7) is 3.98. The van der Waals surface area contributed by atoms with Crippen LogP contribution >= 0.6 is 15.9 Å². The Morgan fingerprint density at radius 1 is 0.950 bits per heavy atom. The van der Waals surface area contributed by atoms with Gasteiger partial charge in [-0.1, -0.05) is 29.3 Å². The van der Waals surface area contributed by atoms with Crippen molar-refractivity contribution in [1.82, 2.24) is 5.32 Å². The predicted octanol–water partition coefficient (Wildman–Crippen LogP) is 4.65. The van der Waals surface area contributed by atoms with Crippen molar-refractivity contribution < 1.29 is 8.78 Å². The van der Waals surface area contributed by atoms with Gasteiger partial charge in [0.25, 0.3) is 0 Å². The average Bonchev–Trinajstić information content (AvgIpc) is 2.35. The first kappa shape index (κ1) is 15.1. The number of rotatable bonds is 3. The van der Waals surface area contributed by atoms with E-state index in [0.29, 0.717) is 5.56 Å². The fourth-order valence-electron chi connectivity index (χ4n) is 2.44. The molecule has 1 nitrogen and oxygen atoms in total.